The second-order valence-electron chi connectivity index (χ2n) is 4.05. The first-order chi connectivity index (χ1) is 8.60. The molecule has 0 aromatic carbocycles. The van der Waals surface area contributed by atoms with Gasteiger partial charge in [0, 0.05) is 19.5 Å². The molecule has 0 saturated carbocycles. The zero-order valence-corrected chi connectivity index (χ0v) is 10.6. The molecule has 0 aliphatic rings. The summed E-state index contributed by atoms with van der Waals surface area (Å²) in [4.78, 5) is 17.6. The Morgan fingerprint density at radius 3 is 2.89 bits per heavy atom. The highest BCUT2D eigenvalue weighted by Gasteiger charge is 2.18. The number of nitrogens with one attached hydrogen (secondary N) is 1. The second kappa shape index (κ2) is 4.99. The van der Waals surface area contributed by atoms with Crippen molar-refractivity contribution >= 4 is 5.91 Å². The van der Waals surface area contributed by atoms with E-state index in [1.165, 1.54) is 4.90 Å². The molecule has 0 unspecified atom stereocenters. The van der Waals surface area contributed by atoms with E-state index in [9.17, 15) is 4.79 Å². The monoisotopic (exact) mass is 249 g/mol. The first kappa shape index (κ1) is 12.3. The molecule has 0 spiro atoms. The normalized spacial score (nSPS) is 10.6. The van der Waals surface area contributed by atoms with Crippen LogP contribution in [0.25, 0.3) is 0 Å². The van der Waals surface area contributed by atoms with Crippen molar-refractivity contribution < 1.29 is 9.32 Å². The van der Waals surface area contributed by atoms with E-state index in [1.54, 1.807) is 20.0 Å². The molecule has 7 nitrogen and oxygen atoms in total. The van der Waals surface area contributed by atoms with Crippen LogP contribution in [0.15, 0.2) is 10.6 Å². The molecule has 2 aromatic heterocycles. The SMILES string of the molecule is CCc1nc(C(=O)N(C)Cc2cc(C)on2)n[nH]1. The third-order valence-electron chi connectivity index (χ3n) is 2.48. The van der Waals surface area contributed by atoms with Gasteiger partial charge in [-0.3, -0.25) is 9.89 Å². The number of carbonyl (C=O) groups is 1. The lowest BCUT2D eigenvalue weighted by Crippen LogP contribution is -2.27. The van der Waals surface area contributed by atoms with E-state index in [1.807, 2.05) is 6.92 Å². The van der Waals surface area contributed by atoms with Gasteiger partial charge in [0.15, 0.2) is 0 Å². The summed E-state index contributed by atoms with van der Waals surface area (Å²) in [6.07, 6.45) is 0.715. The maximum Gasteiger partial charge on any atom is 0.293 e. The first-order valence-electron chi connectivity index (χ1n) is 5.69. The molecule has 0 fully saturated rings. The van der Waals surface area contributed by atoms with Crippen LogP contribution >= 0.6 is 0 Å². The molecule has 1 N–H and O–H groups in total. The Hall–Kier alpha value is -2.18. The molecule has 2 aromatic rings. The Balaban J connectivity index is 2.04. The lowest BCUT2D eigenvalue weighted by atomic mass is 10.3. The van der Waals surface area contributed by atoms with Crippen LogP contribution in [-0.4, -0.2) is 38.2 Å². The van der Waals surface area contributed by atoms with Crippen LogP contribution < -0.4 is 0 Å². The van der Waals surface area contributed by atoms with Gasteiger partial charge in [-0.2, -0.15) is 0 Å². The Morgan fingerprint density at radius 2 is 2.33 bits per heavy atom. The number of aromatic amines is 1. The van der Waals surface area contributed by atoms with E-state index >= 15 is 0 Å². The summed E-state index contributed by atoms with van der Waals surface area (Å²) in [7, 11) is 1.67. The molecule has 0 bridgehead atoms. The minimum Gasteiger partial charge on any atom is -0.361 e. The van der Waals surface area contributed by atoms with Gasteiger partial charge in [-0.1, -0.05) is 12.1 Å². The van der Waals surface area contributed by atoms with Gasteiger partial charge < -0.3 is 9.42 Å². The van der Waals surface area contributed by atoms with E-state index in [2.05, 4.69) is 20.3 Å². The van der Waals surface area contributed by atoms with Gasteiger partial charge in [0.1, 0.15) is 17.3 Å². The summed E-state index contributed by atoms with van der Waals surface area (Å²) in [5.74, 6) is 1.35. The molecular weight excluding hydrogens is 234 g/mol. The Labute approximate surface area is 104 Å². The molecule has 2 rings (SSSR count). The molecular formula is C11H15N5O2. The number of hydrogen-bond donors (Lipinski definition) is 1. The predicted octanol–water partition coefficient (Wildman–Crippen LogP) is 0.936. The van der Waals surface area contributed by atoms with Crippen LogP contribution in [-0.2, 0) is 13.0 Å². The van der Waals surface area contributed by atoms with Gasteiger partial charge in [0.25, 0.3) is 5.91 Å². The van der Waals surface area contributed by atoms with Gasteiger partial charge in [-0.25, -0.2) is 4.98 Å². The average Bonchev–Trinajstić information content (AvgIpc) is 2.97. The number of amides is 1. The number of nitrogens with zero attached hydrogens (tertiary/aromatic N) is 4. The summed E-state index contributed by atoms with van der Waals surface area (Å²) in [5.41, 5.74) is 0.703. The zero-order chi connectivity index (χ0) is 13.1. The van der Waals surface area contributed by atoms with E-state index < -0.39 is 0 Å². The van der Waals surface area contributed by atoms with Crippen LogP contribution in [0.2, 0.25) is 0 Å². The second-order valence-corrected chi connectivity index (χ2v) is 4.05. The van der Waals surface area contributed by atoms with Crippen molar-refractivity contribution in [3.8, 4) is 0 Å². The fourth-order valence-electron chi connectivity index (χ4n) is 1.53. The Morgan fingerprint density at radius 1 is 1.56 bits per heavy atom. The van der Waals surface area contributed by atoms with Crippen LogP contribution in [0.4, 0.5) is 0 Å². The standard InChI is InChI=1S/C11H15N5O2/c1-4-9-12-10(14-13-9)11(17)16(3)6-8-5-7(2)18-15-8/h5H,4,6H2,1-3H3,(H,12,13,14). The fraction of sp³-hybridized carbons (Fsp3) is 0.455. The molecule has 0 saturated heterocycles. The highest BCUT2D eigenvalue weighted by Crippen LogP contribution is 2.06. The summed E-state index contributed by atoms with van der Waals surface area (Å²) >= 11 is 0. The topological polar surface area (TPSA) is 87.9 Å². The van der Waals surface area contributed by atoms with Gasteiger partial charge in [0.2, 0.25) is 5.82 Å². The number of rotatable bonds is 4. The minimum absolute atomic E-state index is 0.176. The minimum atomic E-state index is -0.244. The molecule has 0 aliphatic carbocycles. The number of aryl methyl sites for hydroxylation is 2. The van der Waals surface area contributed by atoms with Crippen molar-refractivity contribution in [3.63, 3.8) is 0 Å². The lowest BCUT2D eigenvalue weighted by Gasteiger charge is -2.12. The molecule has 96 valence electrons. The van der Waals surface area contributed by atoms with Crippen molar-refractivity contribution in [3.05, 3.63) is 29.2 Å². The largest absolute Gasteiger partial charge is 0.361 e. The van der Waals surface area contributed by atoms with Gasteiger partial charge >= 0.3 is 0 Å². The fourth-order valence-corrected chi connectivity index (χ4v) is 1.53. The molecule has 18 heavy (non-hydrogen) atoms. The van der Waals surface area contributed by atoms with E-state index in [0.717, 1.165) is 5.76 Å². The Bertz CT molecular complexity index is 545. The van der Waals surface area contributed by atoms with Crippen LogP contribution in [0, 0.1) is 6.92 Å². The summed E-state index contributed by atoms with van der Waals surface area (Å²) in [5, 5.41) is 10.4. The number of carbonyl (C=O) groups excluding carboxylic acids is 1. The molecule has 7 heteroatoms. The molecule has 0 radical (unpaired) electrons. The first-order valence-corrected chi connectivity index (χ1v) is 5.69. The van der Waals surface area contributed by atoms with E-state index in [-0.39, 0.29) is 11.7 Å². The zero-order valence-electron chi connectivity index (χ0n) is 10.6. The van der Waals surface area contributed by atoms with Crippen molar-refractivity contribution in [2.45, 2.75) is 26.8 Å². The predicted molar refractivity (Wildman–Crippen MR) is 62.8 cm³/mol. The average molecular weight is 249 g/mol. The maximum absolute atomic E-state index is 12.0. The van der Waals surface area contributed by atoms with Gasteiger partial charge in [-0.15, -0.1) is 5.10 Å². The van der Waals surface area contributed by atoms with Gasteiger partial charge in [0.05, 0.1) is 6.54 Å². The smallest absolute Gasteiger partial charge is 0.293 e. The third-order valence-corrected chi connectivity index (χ3v) is 2.48. The Kier molecular flexibility index (Phi) is 3.40. The molecule has 2 heterocycles. The van der Waals surface area contributed by atoms with Crippen LogP contribution in [0.5, 0.6) is 0 Å². The molecule has 0 aliphatic heterocycles. The molecule has 1 amide bonds. The summed E-state index contributed by atoms with van der Waals surface area (Å²) < 4.78 is 4.95. The van der Waals surface area contributed by atoms with Crippen molar-refractivity contribution in [1.29, 1.82) is 0 Å². The van der Waals surface area contributed by atoms with Crippen molar-refractivity contribution in [2.24, 2.45) is 0 Å². The third kappa shape index (κ3) is 2.55. The number of H-pyrrole nitrogens is 1. The highest BCUT2D eigenvalue weighted by atomic mass is 16.5. The number of hydrogen-bond acceptors (Lipinski definition) is 5. The van der Waals surface area contributed by atoms with Crippen LogP contribution in [0.1, 0.15) is 34.8 Å². The highest BCUT2D eigenvalue weighted by molar-refractivity contribution is 5.90. The number of aromatic nitrogens is 4. The van der Waals surface area contributed by atoms with Crippen LogP contribution in [0.3, 0.4) is 0 Å². The molecule has 0 atom stereocenters. The van der Waals surface area contributed by atoms with Gasteiger partial charge in [-0.05, 0) is 6.92 Å². The lowest BCUT2D eigenvalue weighted by molar-refractivity contribution is 0.0770. The summed E-state index contributed by atoms with van der Waals surface area (Å²) in [6.45, 7) is 4.12. The summed E-state index contributed by atoms with van der Waals surface area (Å²) in [6, 6.07) is 1.79. The quantitative estimate of drug-likeness (QED) is 0.871. The maximum atomic E-state index is 12.0. The van der Waals surface area contributed by atoms with E-state index in [4.69, 9.17) is 4.52 Å². The van der Waals surface area contributed by atoms with Crippen molar-refractivity contribution in [2.75, 3.05) is 7.05 Å². The van der Waals surface area contributed by atoms with E-state index in [0.29, 0.717) is 24.5 Å². The van der Waals surface area contributed by atoms with Crippen molar-refractivity contribution in [1.82, 2.24) is 25.2 Å².